The minimum Gasteiger partial charge on any atom is -0.460 e. The van der Waals surface area contributed by atoms with Crippen LogP contribution in [0, 0.1) is 0 Å². The first-order valence-electron chi connectivity index (χ1n) is 4.38. The summed E-state index contributed by atoms with van der Waals surface area (Å²) in [6, 6.07) is 0. The summed E-state index contributed by atoms with van der Waals surface area (Å²) in [5.74, 6) is -1.29. The van der Waals surface area contributed by atoms with Crippen LogP contribution in [0.4, 0.5) is 0 Å². The topological polar surface area (TPSA) is 63.7 Å². The first kappa shape index (κ1) is 11.2. The molecule has 0 aromatic heterocycles. The Kier molecular flexibility index (Phi) is 3.38. The molecule has 0 N–H and O–H groups in total. The third kappa shape index (κ3) is 2.77. The molecule has 0 aliphatic carbocycles. The van der Waals surface area contributed by atoms with Gasteiger partial charge >= 0.3 is 5.97 Å². The lowest BCUT2D eigenvalue weighted by Crippen LogP contribution is -2.33. The van der Waals surface area contributed by atoms with E-state index in [-0.39, 0.29) is 30.5 Å². The van der Waals surface area contributed by atoms with Crippen LogP contribution in [-0.4, -0.2) is 35.8 Å². The average Bonchev–Trinajstić information content (AvgIpc) is 2.48. The Morgan fingerprint density at radius 1 is 1.40 bits per heavy atom. The molecule has 5 heteroatoms. The Morgan fingerprint density at radius 2 is 1.93 bits per heavy atom. The molecule has 0 saturated heterocycles. The monoisotopic (exact) mass is 209 g/mol. The molecule has 0 fully saturated rings. The summed E-state index contributed by atoms with van der Waals surface area (Å²) in [6.07, 6.45) is 2.37. The first-order valence-corrected chi connectivity index (χ1v) is 4.38. The van der Waals surface area contributed by atoms with Crippen molar-refractivity contribution in [2.45, 2.75) is 6.92 Å². The molecule has 0 aromatic carbocycles. The normalized spacial score (nSPS) is 14.6. The van der Waals surface area contributed by atoms with Gasteiger partial charge in [0.15, 0.2) is 0 Å². The van der Waals surface area contributed by atoms with Crippen LogP contribution in [-0.2, 0) is 19.1 Å². The van der Waals surface area contributed by atoms with Crippen molar-refractivity contribution in [1.29, 1.82) is 0 Å². The molecule has 1 aliphatic heterocycles. The number of amides is 2. The fraction of sp³-hybridized carbons (Fsp3) is 0.300. The number of esters is 1. The van der Waals surface area contributed by atoms with Crippen molar-refractivity contribution in [3.05, 3.63) is 24.3 Å². The van der Waals surface area contributed by atoms with Crippen LogP contribution in [0.25, 0.3) is 0 Å². The minimum atomic E-state index is -0.526. The lowest BCUT2D eigenvalue weighted by Gasteiger charge is -2.13. The zero-order chi connectivity index (χ0) is 11.4. The molecular formula is C10H11NO4. The Bertz CT molecular complexity index is 338. The van der Waals surface area contributed by atoms with Crippen LogP contribution in [0.15, 0.2) is 24.3 Å². The number of rotatable bonds is 4. The number of ether oxygens (including phenoxy) is 1. The summed E-state index contributed by atoms with van der Waals surface area (Å²) in [6.45, 7) is 4.99. The fourth-order valence-corrected chi connectivity index (χ4v) is 1.00. The van der Waals surface area contributed by atoms with Crippen molar-refractivity contribution >= 4 is 17.8 Å². The molecule has 0 saturated carbocycles. The van der Waals surface area contributed by atoms with Crippen molar-refractivity contribution in [3.63, 3.8) is 0 Å². The highest BCUT2D eigenvalue weighted by atomic mass is 16.5. The number of carbonyl (C=O) groups is 3. The van der Waals surface area contributed by atoms with Gasteiger partial charge in [0.05, 0.1) is 6.54 Å². The highest BCUT2D eigenvalue weighted by molar-refractivity contribution is 6.12. The van der Waals surface area contributed by atoms with E-state index in [9.17, 15) is 14.4 Å². The molecule has 1 aliphatic rings. The third-order valence-corrected chi connectivity index (χ3v) is 1.80. The molecule has 15 heavy (non-hydrogen) atoms. The second-order valence-corrected chi connectivity index (χ2v) is 3.08. The summed E-state index contributed by atoms with van der Waals surface area (Å²) < 4.78 is 4.75. The molecule has 80 valence electrons. The summed E-state index contributed by atoms with van der Waals surface area (Å²) in [5.41, 5.74) is 0.284. The zero-order valence-electron chi connectivity index (χ0n) is 8.36. The van der Waals surface area contributed by atoms with Gasteiger partial charge < -0.3 is 4.74 Å². The standard InChI is InChI=1S/C10H11NO4/c1-7(2)10(14)15-6-5-11-8(12)3-4-9(11)13/h3-4H,1,5-6H2,2H3. The predicted molar refractivity (Wildman–Crippen MR) is 51.6 cm³/mol. The predicted octanol–water partition coefficient (Wildman–Crippen LogP) is 0.0307. The van der Waals surface area contributed by atoms with E-state index in [0.29, 0.717) is 0 Å². The van der Waals surface area contributed by atoms with E-state index in [1.807, 2.05) is 0 Å². The SMILES string of the molecule is C=C(C)C(=O)OCCN1C(=O)C=CC1=O. The number of hydrogen-bond donors (Lipinski definition) is 0. The number of nitrogens with zero attached hydrogens (tertiary/aromatic N) is 1. The minimum absolute atomic E-state index is 0.00907. The Hall–Kier alpha value is -1.91. The van der Waals surface area contributed by atoms with Gasteiger partial charge in [-0.25, -0.2) is 4.79 Å². The molecule has 2 amide bonds. The van der Waals surface area contributed by atoms with E-state index in [1.165, 1.54) is 19.1 Å². The molecule has 0 unspecified atom stereocenters. The third-order valence-electron chi connectivity index (χ3n) is 1.80. The van der Waals surface area contributed by atoms with Gasteiger partial charge in [0.2, 0.25) is 0 Å². The highest BCUT2D eigenvalue weighted by Crippen LogP contribution is 2.03. The van der Waals surface area contributed by atoms with E-state index in [1.54, 1.807) is 0 Å². The van der Waals surface area contributed by atoms with Gasteiger partial charge in [0.1, 0.15) is 6.61 Å². The maximum Gasteiger partial charge on any atom is 0.333 e. The van der Waals surface area contributed by atoms with Crippen molar-refractivity contribution in [2.75, 3.05) is 13.2 Å². The number of imide groups is 1. The van der Waals surface area contributed by atoms with E-state index in [0.717, 1.165) is 4.90 Å². The van der Waals surface area contributed by atoms with E-state index in [2.05, 4.69) is 6.58 Å². The van der Waals surface area contributed by atoms with Crippen molar-refractivity contribution in [2.24, 2.45) is 0 Å². The van der Waals surface area contributed by atoms with Gasteiger partial charge in [0, 0.05) is 17.7 Å². The van der Waals surface area contributed by atoms with E-state index < -0.39 is 5.97 Å². The van der Waals surface area contributed by atoms with Crippen LogP contribution >= 0.6 is 0 Å². The molecule has 0 bridgehead atoms. The molecular weight excluding hydrogens is 198 g/mol. The van der Waals surface area contributed by atoms with Crippen molar-refractivity contribution in [3.8, 4) is 0 Å². The summed E-state index contributed by atoms with van der Waals surface area (Å²) in [4.78, 5) is 34.1. The molecule has 1 rings (SSSR count). The molecule has 0 radical (unpaired) electrons. The maximum atomic E-state index is 11.1. The van der Waals surface area contributed by atoms with E-state index >= 15 is 0 Å². The van der Waals surface area contributed by atoms with Gasteiger partial charge in [-0.05, 0) is 6.92 Å². The van der Waals surface area contributed by atoms with Crippen LogP contribution < -0.4 is 0 Å². The Labute approximate surface area is 87.0 Å². The van der Waals surface area contributed by atoms with Crippen molar-refractivity contribution < 1.29 is 19.1 Å². The van der Waals surface area contributed by atoms with Gasteiger partial charge in [0.25, 0.3) is 11.8 Å². The lowest BCUT2D eigenvalue weighted by molar-refractivity contribution is -0.144. The maximum absolute atomic E-state index is 11.1. The quantitative estimate of drug-likeness (QED) is 0.372. The summed E-state index contributed by atoms with van der Waals surface area (Å²) in [7, 11) is 0. The zero-order valence-corrected chi connectivity index (χ0v) is 8.36. The van der Waals surface area contributed by atoms with Crippen molar-refractivity contribution in [1.82, 2.24) is 4.90 Å². The molecule has 1 heterocycles. The largest absolute Gasteiger partial charge is 0.460 e. The Balaban J connectivity index is 2.33. The molecule has 5 nitrogen and oxygen atoms in total. The van der Waals surface area contributed by atoms with Crippen LogP contribution in [0.3, 0.4) is 0 Å². The average molecular weight is 209 g/mol. The van der Waals surface area contributed by atoms with Crippen LogP contribution in [0.1, 0.15) is 6.92 Å². The second-order valence-electron chi connectivity index (χ2n) is 3.08. The first-order chi connectivity index (χ1) is 7.02. The number of hydrogen-bond acceptors (Lipinski definition) is 4. The highest BCUT2D eigenvalue weighted by Gasteiger charge is 2.22. The summed E-state index contributed by atoms with van der Waals surface area (Å²) >= 11 is 0. The smallest absolute Gasteiger partial charge is 0.333 e. The molecule has 0 aromatic rings. The molecule has 0 atom stereocenters. The van der Waals surface area contributed by atoms with E-state index in [4.69, 9.17) is 4.74 Å². The Morgan fingerprint density at radius 3 is 2.40 bits per heavy atom. The van der Waals surface area contributed by atoms with Crippen LogP contribution in [0.5, 0.6) is 0 Å². The number of carbonyl (C=O) groups excluding carboxylic acids is 3. The lowest BCUT2D eigenvalue weighted by atomic mass is 10.4. The molecule has 0 spiro atoms. The van der Waals surface area contributed by atoms with Gasteiger partial charge in [-0.15, -0.1) is 0 Å². The van der Waals surface area contributed by atoms with Gasteiger partial charge in [-0.1, -0.05) is 6.58 Å². The van der Waals surface area contributed by atoms with Gasteiger partial charge in [-0.2, -0.15) is 0 Å². The van der Waals surface area contributed by atoms with Crippen LogP contribution in [0.2, 0.25) is 0 Å². The second kappa shape index (κ2) is 4.54. The van der Waals surface area contributed by atoms with Gasteiger partial charge in [-0.3, -0.25) is 14.5 Å². The fourth-order valence-electron chi connectivity index (χ4n) is 1.00. The summed E-state index contributed by atoms with van der Waals surface area (Å²) in [5, 5.41) is 0.